The number of aromatic amines is 1. The van der Waals surface area contributed by atoms with E-state index in [0.717, 1.165) is 30.4 Å². The third-order valence-corrected chi connectivity index (χ3v) is 4.53. The van der Waals surface area contributed by atoms with Crippen molar-refractivity contribution in [2.24, 2.45) is 5.92 Å². The number of allylic oxidation sites excluding steroid dienone is 1. The molecule has 2 heterocycles. The zero-order chi connectivity index (χ0) is 18.5. The van der Waals surface area contributed by atoms with E-state index in [1.165, 1.54) is 0 Å². The maximum absolute atomic E-state index is 11.9. The summed E-state index contributed by atoms with van der Waals surface area (Å²) in [7, 11) is 0. The van der Waals surface area contributed by atoms with E-state index in [1.54, 1.807) is 6.92 Å². The summed E-state index contributed by atoms with van der Waals surface area (Å²) in [6.45, 7) is 3.64. The van der Waals surface area contributed by atoms with Gasteiger partial charge in [0, 0.05) is 6.54 Å². The topological polar surface area (TPSA) is 102 Å². The van der Waals surface area contributed by atoms with Crippen molar-refractivity contribution in [3.05, 3.63) is 35.8 Å². The molecule has 2 N–H and O–H groups in total. The number of hydrogen-bond donors (Lipinski definition) is 2. The summed E-state index contributed by atoms with van der Waals surface area (Å²) in [5.41, 5.74) is 1.67. The van der Waals surface area contributed by atoms with Crippen LogP contribution < -0.4 is 0 Å². The Hall–Kier alpha value is -2.85. The van der Waals surface area contributed by atoms with E-state index in [9.17, 15) is 15.2 Å². The van der Waals surface area contributed by atoms with Crippen molar-refractivity contribution < 1.29 is 14.6 Å². The number of imidazole rings is 1. The number of aliphatic hydroxyl groups is 1. The van der Waals surface area contributed by atoms with Gasteiger partial charge in [0.15, 0.2) is 5.82 Å². The van der Waals surface area contributed by atoms with Gasteiger partial charge >= 0.3 is 5.97 Å². The lowest BCUT2D eigenvalue weighted by atomic mass is 9.98. The number of piperidine rings is 1. The number of ether oxygens (including phenoxy) is 1. The highest BCUT2D eigenvalue weighted by atomic mass is 16.5. The molecule has 0 spiro atoms. The maximum atomic E-state index is 11.9. The Labute approximate surface area is 151 Å². The highest BCUT2D eigenvalue weighted by molar-refractivity contribution is 5.82. The van der Waals surface area contributed by atoms with E-state index < -0.39 is 0 Å². The number of benzene rings is 1. The molecule has 0 unspecified atom stereocenters. The summed E-state index contributed by atoms with van der Waals surface area (Å²) >= 11 is 0. The fourth-order valence-electron chi connectivity index (χ4n) is 3.27. The minimum atomic E-state index is -0.196. The Morgan fingerprint density at radius 3 is 3.04 bits per heavy atom. The Kier molecular flexibility index (Phi) is 5.54. The molecule has 1 atom stereocenters. The van der Waals surface area contributed by atoms with Crippen LogP contribution in [0.2, 0.25) is 0 Å². The van der Waals surface area contributed by atoms with Crippen molar-refractivity contribution in [2.75, 3.05) is 26.2 Å². The molecule has 1 saturated heterocycles. The number of fused-ring (bicyclic) bond motifs is 1. The summed E-state index contributed by atoms with van der Waals surface area (Å²) in [5.74, 6) is -0.0760. The third-order valence-electron chi connectivity index (χ3n) is 4.53. The average molecular weight is 354 g/mol. The van der Waals surface area contributed by atoms with Crippen LogP contribution in [0, 0.1) is 17.2 Å². The number of para-hydroxylation sites is 2. The minimum absolute atomic E-state index is 0.0453. The van der Waals surface area contributed by atoms with Gasteiger partial charge in [-0.05, 0) is 38.4 Å². The predicted octanol–water partition coefficient (Wildman–Crippen LogP) is 2.63. The molecule has 2 aromatic rings. The molecule has 26 heavy (non-hydrogen) atoms. The molecule has 136 valence electrons. The summed E-state index contributed by atoms with van der Waals surface area (Å²) in [6.07, 6.45) is 1.64. The van der Waals surface area contributed by atoms with Crippen molar-refractivity contribution in [1.29, 1.82) is 5.26 Å². The second kappa shape index (κ2) is 8.02. The summed E-state index contributed by atoms with van der Waals surface area (Å²) in [4.78, 5) is 21.4. The van der Waals surface area contributed by atoms with E-state index >= 15 is 0 Å². The van der Waals surface area contributed by atoms with Crippen LogP contribution in [0.3, 0.4) is 0 Å². The second-order valence-electron chi connectivity index (χ2n) is 6.36. The molecule has 1 aromatic heterocycles. The third kappa shape index (κ3) is 3.86. The Morgan fingerprint density at radius 2 is 2.31 bits per heavy atom. The summed E-state index contributed by atoms with van der Waals surface area (Å²) < 4.78 is 5.10. The van der Waals surface area contributed by atoms with Gasteiger partial charge in [0.1, 0.15) is 17.4 Å². The largest absolute Gasteiger partial charge is 0.509 e. The van der Waals surface area contributed by atoms with E-state index in [-0.39, 0.29) is 29.8 Å². The van der Waals surface area contributed by atoms with Gasteiger partial charge in [-0.25, -0.2) is 4.98 Å². The Balaban J connectivity index is 1.76. The molecule has 0 saturated carbocycles. The number of rotatable bonds is 5. The molecule has 0 radical (unpaired) electrons. The molecule has 1 aliphatic rings. The molecule has 7 heteroatoms. The van der Waals surface area contributed by atoms with Gasteiger partial charge in [-0.1, -0.05) is 12.1 Å². The van der Waals surface area contributed by atoms with E-state index in [2.05, 4.69) is 9.97 Å². The number of carbonyl (C=O) groups is 1. The molecule has 1 fully saturated rings. The first-order valence-corrected chi connectivity index (χ1v) is 8.78. The Bertz CT molecular complexity index is 832. The number of aromatic nitrogens is 2. The van der Waals surface area contributed by atoms with Crippen LogP contribution in [0.5, 0.6) is 0 Å². The molecule has 0 aliphatic carbocycles. The number of likely N-dealkylation sites (tertiary alicyclic amines) is 1. The molecule has 7 nitrogen and oxygen atoms in total. The van der Waals surface area contributed by atoms with E-state index in [4.69, 9.17) is 4.74 Å². The van der Waals surface area contributed by atoms with Gasteiger partial charge in [-0.3, -0.25) is 9.69 Å². The van der Waals surface area contributed by atoms with Gasteiger partial charge in [-0.15, -0.1) is 0 Å². The standard InChI is InChI=1S/C19H22N4O3/c1-2-26-19(25)13-6-5-9-23(11-13)12-17(24)14(10-20)18-21-15-7-3-4-8-16(15)22-18/h3-4,7-8,13,24H,2,5-6,9,11-12H2,1H3,(H,21,22)/b17-14-/t13-/m1/s1. The number of nitrogens with zero attached hydrogens (tertiary/aromatic N) is 3. The molecule has 1 aliphatic heterocycles. The highest BCUT2D eigenvalue weighted by Crippen LogP contribution is 2.22. The van der Waals surface area contributed by atoms with E-state index in [0.29, 0.717) is 19.0 Å². The van der Waals surface area contributed by atoms with Crippen molar-refractivity contribution >= 4 is 22.6 Å². The van der Waals surface area contributed by atoms with Crippen LogP contribution in [0.25, 0.3) is 16.6 Å². The number of esters is 1. The summed E-state index contributed by atoms with van der Waals surface area (Å²) in [6, 6.07) is 9.50. The lowest BCUT2D eigenvalue weighted by molar-refractivity contribution is -0.149. The van der Waals surface area contributed by atoms with Crippen LogP contribution in [0.4, 0.5) is 0 Å². The summed E-state index contributed by atoms with van der Waals surface area (Å²) in [5, 5.41) is 20.0. The number of H-pyrrole nitrogens is 1. The lowest BCUT2D eigenvalue weighted by Gasteiger charge is -2.31. The van der Waals surface area contributed by atoms with Crippen LogP contribution in [-0.2, 0) is 9.53 Å². The van der Waals surface area contributed by atoms with Crippen LogP contribution in [-0.4, -0.2) is 52.2 Å². The first-order valence-electron chi connectivity index (χ1n) is 8.78. The fourth-order valence-corrected chi connectivity index (χ4v) is 3.27. The smallest absolute Gasteiger partial charge is 0.310 e. The highest BCUT2D eigenvalue weighted by Gasteiger charge is 2.28. The molecular weight excluding hydrogens is 332 g/mol. The fraction of sp³-hybridized carbons (Fsp3) is 0.421. The van der Waals surface area contributed by atoms with Gasteiger partial charge in [0.05, 0.1) is 30.1 Å². The van der Waals surface area contributed by atoms with Crippen molar-refractivity contribution in [2.45, 2.75) is 19.8 Å². The van der Waals surface area contributed by atoms with Gasteiger partial charge in [0.2, 0.25) is 0 Å². The molecule has 0 amide bonds. The van der Waals surface area contributed by atoms with Crippen LogP contribution in [0.15, 0.2) is 30.0 Å². The molecule has 3 rings (SSSR count). The first kappa shape index (κ1) is 18.0. The minimum Gasteiger partial charge on any atom is -0.509 e. The average Bonchev–Trinajstić information content (AvgIpc) is 3.06. The Morgan fingerprint density at radius 1 is 1.50 bits per heavy atom. The van der Waals surface area contributed by atoms with Gasteiger partial charge in [-0.2, -0.15) is 5.26 Å². The number of aliphatic hydroxyl groups excluding tert-OH is 1. The normalized spacial score (nSPS) is 19.0. The van der Waals surface area contributed by atoms with Crippen molar-refractivity contribution in [3.63, 3.8) is 0 Å². The second-order valence-corrected chi connectivity index (χ2v) is 6.36. The molecule has 0 bridgehead atoms. The monoisotopic (exact) mass is 354 g/mol. The SMILES string of the molecule is CCOC(=O)[C@@H]1CCCN(C/C(O)=C(\C#N)c2nc3ccccc3[nH]2)C1. The van der Waals surface area contributed by atoms with Crippen molar-refractivity contribution in [1.82, 2.24) is 14.9 Å². The predicted molar refractivity (Wildman–Crippen MR) is 97.1 cm³/mol. The maximum Gasteiger partial charge on any atom is 0.310 e. The number of carbonyl (C=O) groups excluding carboxylic acids is 1. The number of nitriles is 1. The quantitative estimate of drug-likeness (QED) is 0.486. The zero-order valence-corrected chi connectivity index (χ0v) is 14.7. The molecule has 1 aromatic carbocycles. The van der Waals surface area contributed by atoms with Crippen LogP contribution in [0.1, 0.15) is 25.6 Å². The molecular formula is C19H22N4O3. The lowest BCUT2D eigenvalue weighted by Crippen LogP contribution is -2.40. The zero-order valence-electron chi connectivity index (χ0n) is 14.7. The number of nitrogens with one attached hydrogen (secondary N) is 1. The van der Waals surface area contributed by atoms with E-state index in [1.807, 2.05) is 35.2 Å². The van der Waals surface area contributed by atoms with Gasteiger partial charge in [0.25, 0.3) is 0 Å². The first-order chi connectivity index (χ1) is 12.6. The van der Waals surface area contributed by atoms with Crippen molar-refractivity contribution in [3.8, 4) is 6.07 Å². The van der Waals surface area contributed by atoms with Gasteiger partial charge < -0.3 is 14.8 Å². The van der Waals surface area contributed by atoms with Crippen LogP contribution >= 0.6 is 0 Å². The number of hydrogen-bond acceptors (Lipinski definition) is 6.